The predicted octanol–water partition coefficient (Wildman–Crippen LogP) is 1.28. The standard InChI is InChI=1S/C17H18N4O4/c1-11-7-8-19-21(11)14-5-3-13(4-6-14)16(23)25-12(2)15(22)20-10-9-18-17(20)24/h3-8,12H,9-10H2,1-2H3,(H,18,24)/t12-/m1/s1. The number of ether oxygens (including phenoxy) is 1. The molecule has 1 aromatic carbocycles. The molecular weight excluding hydrogens is 324 g/mol. The molecule has 2 heterocycles. The molecule has 1 aliphatic heterocycles. The summed E-state index contributed by atoms with van der Waals surface area (Å²) in [5, 5.41) is 6.73. The van der Waals surface area contributed by atoms with Crippen LogP contribution in [-0.4, -0.2) is 51.8 Å². The summed E-state index contributed by atoms with van der Waals surface area (Å²) in [4.78, 5) is 36.9. The molecule has 1 saturated heterocycles. The highest BCUT2D eigenvalue weighted by molar-refractivity contribution is 5.99. The van der Waals surface area contributed by atoms with E-state index < -0.39 is 24.0 Å². The minimum atomic E-state index is -1.04. The zero-order chi connectivity index (χ0) is 18.0. The first-order valence-corrected chi connectivity index (χ1v) is 7.88. The number of imide groups is 1. The fourth-order valence-electron chi connectivity index (χ4n) is 2.56. The van der Waals surface area contributed by atoms with Crippen LogP contribution in [-0.2, 0) is 9.53 Å². The quantitative estimate of drug-likeness (QED) is 0.845. The Morgan fingerprint density at radius 1 is 1.24 bits per heavy atom. The number of carbonyl (C=O) groups excluding carboxylic acids is 3. The molecule has 8 heteroatoms. The van der Waals surface area contributed by atoms with Crippen molar-refractivity contribution in [1.82, 2.24) is 20.0 Å². The highest BCUT2D eigenvalue weighted by Crippen LogP contribution is 2.13. The summed E-state index contributed by atoms with van der Waals surface area (Å²) in [6.45, 7) is 4.06. The molecule has 0 saturated carbocycles. The van der Waals surface area contributed by atoms with Crippen LogP contribution in [0.5, 0.6) is 0 Å². The van der Waals surface area contributed by atoms with Crippen LogP contribution in [0.3, 0.4) is 0 Å². The molecule has 1 aliphatic rings. The van der Waals surface area contributed by atoms with Gasteiger partial charge >= 0.3 is 12.0 Å². The average molecular weight is 342 g/mol. The topological polar surface area (TPSA) is 93.5 Å². The summed E-state index contributed by atoms with van der Waals surface area (Å²) in [5.74, 6) is -1.16. The van der Waals surface area contributed by atoms with Gasteiger partial charge in [-0.05, 0) is 44.2 Å². The second-order valence-electron chi connectivity index (χ2n) is 5.70. The van der Waals surface area contributed by atoms with Crippen LogP contribution in [0.25, 0.3) is 5.69 Å². The Labute approximate surface area is 144 Å². The minimum Gasteiger partial charge on any atom is -0.449 e. The first kappa shape index (κ1) is 16.7. The number of carbonyl (C=O) groups is 3. The lowest BCUT2D eigenvalue weighted by atomic mass is 10.2. The van der Waals surface area contributed by atoms with Crippen molar-refractivity contribution in [3.8, 4) is 5.69 Å². The number of esters is 1. The molecule has 2 aromatic rings. The summed E-state index contributed by atoms with van der Waals surface area (Å²) >= 11 is 0. The monoisotopic (exact) mass is 342 g/mol. The SMILES string of the molecule is Cc1ccnn1-c1ccc(C(=O)O[C@H](C)C(=O)N2CCNC2=O)cc1. The Morgan fingerprint density at radius 2 is 1.96 bits per heavy atom. The molecule has 25 heavy (non-hydrogen) atoms. The maximum absolute atomic E-state index is 12.2. The van der Waals surface area contributed by atoms with Crippen LogP contribution in [0.1, 0.15) is 23.0 Å². The van der Waals surface area contributed by atoms with E-state index in [0.29, 0.717) is 12.1 Å². The first-order chi connectivity index (χ1) is 12.0. The van der Waals surface area contributed by atoms with Crippen molar-refractivity contribution in [1.29, 1.82) is 0 Å². The molecule has 3 amide bonds. The lowest BCUT2D eigenvalue weighted by Gasteiger charge is -2.18. The molecule has 1 N–H and O–H groups in total. The Morgan fingerprint density at radius 3 is 2.52 bits per heavy atom. The van der Waals surface area contributed by atoms with Gasteiger partial charge in [0.1, 0.15) is 0 Å². The van der Waals surface area contributed by atoms with Crippen molar-refractivity contribution in [2.45, 2.75) is 20.0 Å². The number of nitrogens with zero attached hydrogens (tertiary/aromatic N) is 3. The third-order valence-corrected chi connectivity index (χ3v) is 3.93. The third-order valence-electron chi connectivity index (χ3n) is 3.93. The zero-order valence-corrected chi connectivity index (χ0v) is 13.9. The number of aromatic nitrogens is 2. The lowest BCUT2D eigenvalue weighted by molar-refractivity contribution is -0.136. The van der Waals surface area contributed by atoms with Crippen LogP contribution >= 0.6 is 0 Å². The predicted molar refractivity (Wildman–Crippen MR) is 88.3 cm³/mol. The van der Waals surface area contributed by atoms with Crippen LogP contribution in [0.2, 0.25) is 0 Å². The number of aryl methyl sites for hydroxylation is 1. The van der Waals surface area contributed by atoms with Crippen molar-refractivity contribution < 1.29 is 19.1 Å². The Balaban J connectivity index is 1.66. The molecule has 0 radical (unpaired) electrons. The van der Waals surface area contributed by atoms with Crippen molar-refractivity contribution in [2.24, 2.45) is 0 Å². The van der Waals surface area contributed by atoms with Crippen LogP contribution in [0, 0.1) is 6.92 Å². The van der Waals surface area contributed by atoms with Gasteiger partial charge in [0.2, 0.25) is 0 Å². The van der Waals surface area contributed by atoms with Crippen molar-refractivity contribution in [2.75, 3.05) is 13.1 Å². The van der Waals surface area contributed by atoms with Gasteiger partial charge in [0.25, 0.3) is 5.91 Å². The fraction of sp³-hybridized carbons (Fsp3) is 0.294. The normalized spacial score (nSPS) is 15.0. The Bertz CT molecular complexity index is 812. The van der Waals surface area contributed by atoms with Gasteiger partial charge < -0.3 is 10.1 Å². The van der Waals surface area contributed by atoms with Gasteiger partial charge in [-0.25, -0.2) is 14.3 Å². The summed E-state index contributed by atoms with van der Waals surface area (Å²) in [6, 6.07) is 8.13. The number of rotatable bonds is 4. The summed E-state index contributed by atoms with van der Waals surface area (Å²) in [6.07, 6.45) is 0.656. The highest BCUT2D eigenvalue weighted by atomic mass is 16.5. The van der Waals surface area contributed by atoms with Gasteiger partial charge in [0.15, 0.2) is 6.10 Å². The van der Waals surface area contributed by atoms with E-state index in [9.17, 15) is 14.4 Å². The molecule has 1 fully saturated rings. The summed E-state index contributed by atoms with van der Waals surface area (Å²) < 4.78 is 6.92. The molecule has 1 aromatic heterocycles. The number of amides is 3. The smallest absolute Gasteiger partial charge is 0.338 e. The maximum Gasteiger partial charge on any atom is 0.338 e. The molecule has 130 valence electrons. The van der Waals surface area contributed by atoms with E-state index in [2.05, 4.69) is 10.4 Å². The molecule has 0 unspecified atom stereocenters. The van der Waals surface area contributed by atoms with Gasteiger partial charge in [0.05, 0.1) is 11.3 Å². The zero-order valence-electron chi connectivity index (χ0n) is 13.9. The largest absolute Gasteiger partial charge is 0.449 e. The van der Waals surface area contributed by atoms with Crippen molar-refractivity contribution in [3.63, 3.8) is 0 Å². The van der Waals surface area contributed by atoms with E-state index in [4.69, 9.17) is 4.74 Å². The molecule has 0 aliphatic carbocycles. The van der Waals surface area contributed by atoms with Gasteiger partial charge in [-0.3, -0.25) is 9.69 Å². The third kappa shape index (κ3) is 3.37. The van der Waals surface area contributed by atoms with Gasteiger partial charge in [-0.1, -0.05) is 0 Å². The maximum atomic E-state index is 12.2. The van der Waals surface area contributed by atoms with Crippen molar-refractivity contribution >= 4 is 17.9 Å². The van der Waals surface area contributed by atoms with Crippen LogP contribution in [0.15, 0.2) is 36.5 Å². The summed E-state index contributed by atoms with van der Waals surface area (Å²) in [7, 11) is 0. The number of hydrogen-bond donors (Lipinski definition) is 1. The number of urea groups is 1. The average Bonchev–Trinajstić information content (AvgIpc) is 3.22. The van der Waals surface area contributed by atoms with Gasteiger partial charge in [0, 0.05) is 25.0 Å². The van der Waals surface area contributed by atoms with E-state index in [-0.39, 0.29) is 6.54 Å². The van der Waals surface area contributed by atoms with Crippen molar-refractivity contribution in [3.05, 3.63) is 47.8 Å². The van der Waals surface area contributed by atoms with E-state index in [1.165, 1.54) is 6.92 Å². The van der Waals surface area contributed by atoms with Crippen LogP contribution in [0.4, 0.5) is 4.79 Å². The molecule has 3 rings (SSSR count). The second kappa shape index (κ2) is 6.76. The van der Waals surface area contributed by atoms with Gasteiger partial charge in [-0.2, -0.15) is 5.10 Å². The molecule has 0 spiro atoms. The van der Waals surface area contributed by atoms with E-state index in [1.807, 2.05) is 13.0 Å². The molecular formula is C17H18N4O4. The number of hydrogen-bond acceptors (Lipinski definition) is 5. The number of benzene rings is 1. The molecule has 0 bridgehead atoms. The van der Waals surface area contributed by atoms with E-state index >= 15 is 0 Å². The van der Waals surface area contributed by atoms with Gasteiger partial charge in [-0.15, -0.1) is 0 Å². The Hall–Kier alpha value is -3.16. The Kier molecular flexibility index (Phi) is 4.51. The molecule has 8 nitrogen and oxygen atoms in total. The van der Waals surface area contributed by atoms with E-state index in [1.54, 1.807) is 35.1 Å². The summed E-state index contributed by atoms with van der Waals surface area (Å²) in [5.41, 5.74) is 2.11. The number of nitrogens with one attached hydrogen (secondary N) is 1. The molecule has 1 atom stereocenters. The minimum absolute atomic E-state index is 0.275. The first-order valence-electron chi connectivity index (χ1n) is 7.88. The van der Waals surface area contributed by atoms with Crippen LogP contribution < -0.4 is 5.32 Å². The highest BCUT2D eigenvalue weighted by Gasteiger charge is 2.31. The fourth-order valence-corrected chi connectivity index (χ4v) is 2.56. The second-order valence-corrected chi connectivity index (χ2v) is 5.70. The van der Waals surface area contributed by atoms with E-state index in [0.717, 1.165) is 16.3 Å². The lowest BCUT2D eigenvalue weighted by Crippen LogP contribution is -2.41.